The predicted molar refractivity (Wildman–Crippen MR) is 106 cm³/mol. The summed E-state index contributed by atoms with van der Waals surface area (Å²) in [5, 5.41) is 3.33. The number of anilines is 1. The van der Waals surface area contributed by atoms with E-state index in [9.17, 15) is 13.2 Å². The molecule has 14 heteroatoms. The van der Waals surface area contributed by atoms with E-state index < -0.39 is 32.2 Å². The van der Waals surface area contributed by atoms with Crippen LogP contribution in [0.3, 0.4) is 0 Å². The number of hydrogen-bond donors (Lipinski definition) is 1. The maximum absolute atomic E-state index is 13.4. The van der Waals surface area contributed by atoms with Crippen molar-refractivity contribution >= 4 is 39.3 Å². The minimum Gasteiger partial charge on any atom is -0.481 e. The number of halogens is 1. The number of amides is 2. The fourth-order valence-electron chi connectivity index (χ4n) is 2.63. The Morgan fingerprint density at radius 1 is 1.20 bits per heavy atom. The molecule has 2 N–H and O–H groups in total. The Balaban J connectivity index is 2.25. The maximum atomic E-state index is 13.4. The Bertz CT molecular complexity index is 1190. The second-order valence-electron chi connectivity index (χ2n) is 5.91. The second-order valence-corrected chi connectivity index (χ2v) is 7.97. The van der Waals surface area contributed by atoms with Gasteiger partial charge in [0.25, 0.3) is 16.0 Å². The number of ether oxygens (including phenoxy) is 2. The third-order valence-corrected chi connectivity index (χ3v) is 5.96. The normalized spacial score (nSPS) is 11.5. The van der Waals surface area contributed by atoms with Crippen molar-refractivity contribution in [3.8, 4) is 11.8 Å². The fourth-order valence-corrected chi connectivity index (χ4v) is 4.41. The third-order valence-electron chi connectivity index (χ3n) is 3.91. The van der Waals surface area contributed by atoms with Gasteiger partial charge in [-0.1, -0.05) is 24.9 Å². The lowest BCUT2D eigenvalue weighted by molar-refractivity contribution is 0.256. The number of imidazole rings is 1. The summed E-state index contributed by atoms with van der Waals surface area (Å²) in [5.41, 5.74) is 6.15. The first-order valence-corrected chi connectivity index (χ1v) is 10.4. The molecule has 30 heavy (non-hydrogen) atoms. The Morgan fingerprint density at radius 3 is 2.37 bits per heavy atom. The van der Waals surface area contributed by atoms with Crippen LogP contribution < -0.4 is 19.5 Å². The van der Waals surface area contributed by atoms with E-state index in [0.29, 0.717) is 12.1 Å². The number of carbonyl (C=O) groups is 1. The van der Waals surface area contributed by atoms with Crippen molar-refractivity contribution in [2.24, 2.45) is 5.73 Å². The molecule has 0 aliphatic carbocycles. The summed E-state index contributed by atoms with van der Waals surface area (Å²) in [4.78, 5) is 24.0. The predicted octanol–water partition coefficient (Wildman–Crippen LogP) is 1.42. The van der Waals surface area contributed by atoms with E-state index in [4.69, 9.17) is 26.8 Å². The van der Waals surface area contributed by atoms with Gasteiger partial charge < -0.3 is 15.2 Å². The zero-order valence-electron chi connectivity index (χ0n) is 16.2. The number of rotatable bonds is 7. The summed E-state index contributed by atoms with van der Waals surface area (Å²) >= 11 is 6.11. The molecule has 0 spiro atoms. The van der Waals surface area contributed by atoms with Gasteiger partial charge in [-0.3, -0.25) is 0 Å². The third kappa shape index (κ3) is 3.80. The summed E-state index contributed by atoms with van der Waals surface area (Å²) in [6, 6.07) is 3.21. The Kier molecular flexibility index (Phi) is 5.94. The van der Waals surface area contributed by atoms with Gasteiger partial charge in [-0.05, 0) is 18.6 Å². The fraction of sp³-hybridized carbons (Fsp3) is 0.312. The van der Waals surface area contributed by atoms with Crippen LogP contribution in [0.1, 0.15) is 19.0 Å². The van der Waals surface area contributed by atoms with Gasteiger partial charge in [0.15, 0.2) is 10.8 Å². The van der Waals surface area contributed by atoms with Crippen molar-refractivity contribution in [2.45, 2.75) is 24.8 Å². The highest BCUT2D eigenvalue weighted by molar-refractivity contribution is 7.93. The van der Waals surface area contributed by atoms with Crippen LogP contribution in [-0.2, 0) is 16.4 Å². The van der Waals surface area contributed by atoms with E-state index in [1.165, 1.54) is 20.3 Å². The molecule has 0 saturated heterocycles. The molecule has 0 atom stereocenters. The zero-order chi connectivity index (χ0) is 22.1. The first-order chi connectivity index (χ1) is 14.2. The topological polar surface area (TPSA) is 155 Å². The van der Waals surface area contributed by atoms with Crippen LogP contribution in [0.4, 0.5) is 10.7 Å². The molecule has 3 aromatic rings. The van der Waals surface area contributed by atoms with E-state index >= 15 is 0 Å². The van der Waals surface area contributed by atoms with Gasteiger partial charge in [0.05, 0.1) is 26.0 Å². The standard InChI is InChI=1S/C16H18ClN7O5S/c1-4-5-9-6-7-10-19-13(17)14(23(10)22-9)30(26,27)24(15(18)25)16-20-11(28-2)8-12(21-16)29-3/h6-8H,4-5H2,1-3H3,(H2,18,25). The van der Waals surface area contributed by atoms with Gasteiger partial charge in [-0.25, -0.2) is 9.78 Å². The minimum absolute atomic E-state index is 0.0501. The Labute approximate surface area is 176 Å². The van der Waals surface area contributed by atoms with Crippen LogP contribution in [0, 0.1) is 0 Å². The number of hydrogen-bond acceptors (Lipinski definition) is 9. The van der Waals surface area contributed by atoms with Crippen LogP contribution in [0.2, 0.25) is 5.15 Å². The molecular formula is C16H18ClN7O5S. The molecule has 0 aromatic carbocycles. The molecule has 0 aliphatic rings. The summed E-state index contributed by atoms with van der Waals surface area (Å²) in [5.74, 6) is -0.689. The van der Waals surface area contributed by atoms with Crippen molar-refractivity contribution in [3.05, 3.63) is 29.0 Å². The molecule has 3 heterocycles. The summed E-state index contributed by atoms with van der Waals surface area (Å²) < 4.78 is 38.1. The number of nitrogens with two attached hydrogens (primary N) is 1. The molecule has 12 nitrogen and oxygen atoms in total. The smallest absolute Gasteiger partial charge is 0.336 e. The van der Waals surface area contributed by atoms with Gasteiger partial charge in [0.2, 0.25) is 16.8 Å². The van der Waals surface area contributed by atoms with Crippen molar-refractivity contribution in [1.82, 2.24) is 24.6 Å². The lowest BCUT2D eigenvalue weighted by Gasteiger charge is -2.18. The SMILES string of the molecule is CCCc1ccc2nc(Cl)c(S(=O)(=O)N(C(N)=O)c3nc(OC)cc(OC)n3)n2n1. The largest absolute Gasteiger partial charge is 0.481 e. The van der Waals surface area contributed by atoms with Gasteiger partial charge in [-0.15, -0.1) is 4.31 Å². The van der Waals surface area contributed by atoms with Crippen LogP contribution in [0.15, 0.2) is 23.2 Å². The highest BCUT2D eigenvalue weighted by atomic mass is 35.5. The van der Waals surface area contributed by atoms with E-state index in [1.54, 1.807) is 12.1 Å². The number of sulfonamides is 1. The Morgan fingerprint density at radius 2 is 1.83 bits per heavy atom. The monoisotopic (exact) mass is 455 g/mol. The molecular weight excluding hydrogens is 438 g/mol. The van der Waals surface area contributed by atoms with Gasteiger partial charge in [0, 0.05) is 0 Å². The minimum atomic E-state index is -4.72. The molecule has 2 amide bonds. The van der Waals surface area contributed by atoms with Gasteiger partial charge >= 0.3 is 6.03 Å². The number of nitrogens with zero attached hydrogens (tertiary/aromatic N) is 6. The number of fused-ring (bicyclic) bond motifs is 1. The number of carbonyl (C=O) groups excluding carboxylic acids is 1. The van der Waals surface area contributed by atoms with Crippen molar-refractivity contribution in [1.29, 1.82) is 0 Å². The van der Waals surface area contributed by atoms with Crippen molar-refractivity contribution in [3.63, 3.8) is 0 Å². The molecule has 0 fully saturated rings. The summed E-state index contributed by atoms with van der Waals surface area (Å²) in [6.07, 6.45) is 1.38. The summed E-state index contributed by atoms with van der Waals surface area (Å²) in [6.45, 7) is 1.95. The molecule has 0 unspecified atom stereocenters. The van der Waals surface area contributed by atoms with Crippen molar-refractivity contribution in [2.75, 3.05) is 18.5 Å². The van der Waals surface area contributed by atoms with Gasteiger partial charge in [0.1, 0.15) is 0 Å². The average Bonchev–Trinajstić information content (AvgIpc) is 3.03. The molecule has 0 radical (unpaired) electrons. The van der Waals surface area contributed by atoms with Crippen LogP contribution in [0.5, 0.6) is 11.8 Å². The lowest BCUT2D eigenvalue weighted by Crippen LogP contribution is -2.42. The van der Waals surface area contributed by atoms with Crippen LogP contribution in [0.25, 0.3) is 5.65 Å². The first kappa shape index (κ1) is 21.5. The highest BCUT2D eigenvalue weighted by Gasteiger charge is 2.38. The quantitative estimate of drug-likeness (QED) is 0.556. The van der Waals surface area contributed by atoms with Crippen LogP contribution >= 0.6 is 11.6 Å². The lowest BCUT2D eigenvalue weighted by atomic mass is 10.2. The van der Waals surface area contributed by atoms with E-state index in [-0.39, 0.29) is 21.7 Å². The molecule has 0 bridgehead atoms. The van der Waals surface area contributed by atoms with E-state index in [2.05, 4.69) is 20.1 Å². The summed E-state index contributed by atoms with van der Waals surface area (Å²) in [7, 11) is -2.12. The molecule has 3 aromatic heterocycles. The molecule has 3 rings (SSSR count). The van der Waals surface area contributed by atoms with Gasteiger partial charge in [-0.2, -0.15) is 28.0 Å². The molecule has 0 saturated carbocycles. The zero-order valence-corrected chi connectivity index (χ0v) is 17.8. The van der Waals surface area contributed by atoms with Crippen molar-refractivity contribution < 1.29 is 22.7 Å². The van der Waals surface area contributed by atoms with E-state index in [0.717, 1.165) is 10.9 Å². The molecule has 160 valence electrons. The first-order valence-electron chi connectivity index (χ1n) is 8.58. The number of aromatic nitrogens is 5. The molecule has 0 aliphatic heterocycles. The highest BCUT2D eigenvalue weighted by Crippen LogP contribution is 2.29. The maximum Gasteiger partial charge on any atom is 0.336 e. The average molecular weight is 456 g/mol. The van der Waals surface area contributed by atoms with E-state index in [1.807, 2.05) is 6.92 Å². The second kappa shape index (κ2) is 8.28. The number of primary amides is 1. The number of aryl methyl sites for hydroxylation is 1. The number of methoxy groups -OCH3 is 2. The van der Waals surface area contributed by atoms with Crippen LogP contribution in [-0.4, -0.2) is 53.2 Å². The number of urea groups is 1. The Hall–Kier alpha value is -3.19.